The van der Waals surface area contributed by atoms with Gasteiger partial charge in [-0.05, 0) is 31.1 Å². The Morgan fingerprint density at radius 3 is 2.30 bits per heavy atom. The molecule has 5 nitrogen and oxygen atoms in total. The van der Waals surface area contributed by atoms with Gasteiger partial charge in [-0.2, -0.15) is 0 Å². The minimum absolute atomic E-state index is 0.0584. The number of nitrogens with zero attached hydrogens (tertiary/aromatic N) is 1. The number of aliphatic hydroxyl groups is 1. The fourth-order valence-electron chi connectivity index (χ4n) is 3.29. The van der Waals surface area contributed by atoms with Crippen LogP contribution in [0.4, 0.5) is 0 Å². The highest BCUT2D eigenvalue weighted by Gasteiger charge is 2.30. The Balaban J connectivity index is 2.26. The summed E-state index contributed by atoms with van der Waals surface area (Å²) in [5, 5.41) is 13.1. The zero-order valence-corrected chi connectivity index (χ0v) is 15.4. The smallest absolute Gasteiger partial charge is 0.220 e. The molecule has 0 aromatic rings. The first-order valence-electron chi connectivity index (χ1n) is 8.83. The summed E-state index contributed by atoms with van der Waals surface area (Å²) in [6, 6.07) is 0. The number of carbonyl (C=O) groups excluding carboxylic acids is 2. The summed E-state index contributed by atoms with van der Waals surface area (Å²) in [5.74, 6) is 0.911. The van der Waals surface area contributed by atoms with E-state index in [0.29, 0.717) is 18.9 Å². The molecule has 23 heavy (non-hydrogen) atoms. The topological polar surface area (TPSA) is 69.6 Å². The molecule has 0 aromatic carbocycles. The summed E-state index contributed by atoms with van der Waals surface area (Å²) < 4.78 is 0. The van der Waals surface area contributed by atoms with E-state index in [4.69, 9.17) is 0 Å². The van der Waals surface area contributed by atoms with Gasteiger partial charge < -0.3 is 15.3 Å². The summed E-state index contributed by atoms with van der Waals surface area (Å²) in [4.78, 5) is 25.2. The Morgan fingerprint density at radius 1 is 1.26 bits per heavy atom. The maximum Gasteiger partial charge on any atom is 0.220 e. The third-order valence-electron chi connectivity index (χ3n) is 5.01. The van der Waals surface area contributed by atoms with Gasteiger partial charge in [0.25, 0.3) is 0 Å². The summed E-state index contributed by atoms with van der Waals surface area (Å²) in [7, 11) is 0. The van der Waals surface area contributed by atoms with E-state index in [0.717, 1.165) is 32.4 Å². The Hall–Kier alpha value is -1.10. The highest BCUT2D eigenvalue weighted by Crippen LogP contribution is 2.25. The lowest BCUT2D eigenvalue weighted by Crippen LogP contribution is -2.43. The lowest BCUT2D eigenvalue weighted by atomic mass is 9.80. The summed E-state index contributed by atoms with van der Waals surface area (Å²) in [5.41, 5.74) is -0.323. The molecule has 134 valence electrons. The molecule has 1 rings (SSSR count). The molecule has 0 aromatic heterocycles. The van der Waals surface area contributed by atoms with Crippen molar-refractivity contribution in [1.82, 2.24) is 10.2 Å². The number of nitrogens with one attached hydrogen (secondary N) is 1. The van der Waals surface area contributed by atoms with Crippen LogP contribution in [0.2, 0.25) is 0 Å². The first-order chi connectivity index (χ1) is 10.6. The second-order valence-electron chi connectivity index (χ2n) is 7.94. The number of piperidine rings is 1. The van der Waals surface area contributed by atoms with Gasteiger partial charge in [-0.1, -0.05) is 27.7 Å². The molecule has 0 saturated carbocycles. The second kappa shape index (κ2) is 8.67. The van der Waals surface area contributed by atoms with Crippen LogP contribution >= 0.6 is 0 Å². The van der Waals surface area contributed by atoms with Crippen molar-refractivity contribution in [3.05, 3.63) is 0 Å². The maximum atomic E-state index is 12.0. The van der Waals surface area contributed by atoms with Crippen molar-refractivity contribution in [2.75, 3.05) is 19.6 Å². The molecule has 0 aliphatic carbocycles. The van der Waals surface area contributed by atoms with E-state index in [2.05, 4.69) is 5.32 Å². The van der Waals surface area contributed by atoms with Gasteiger partial charge in [-0.25, -0.2) is 0 Å². The van der Waals surface area contributed by atoms with Crippen molar-refractivity contribution in [3.63, 3.8) is 0 Å². The largest absolute Gasteiger partial charge is 0.392 e. The molecule has 1 atom stereocenters. The van der Waals surface area contributed by atoms with Gasteiger partial charge in [-0.3, -0.25) is 9.59 Å². The Bertz CT molecular complexity index is 399. The molecule has 0 radical (unpaired) electrons. The molecule has 2 amide bonds. The van der Waals surface area contributed by atoms with Crippen molar-refractivity contribution >= 4 is 11.8 Å². The Labute approximate surface area is 140 Å². The number of likely N-dealkylation sites (tertiary alicyclic amines) is 1. The SMILES string of the molecule is CC(=O)N1CCC(CCC(=O)NCC(C)(C)C(O)C(C)C)CC1. The fraction of sp³-hybridized carbons (Fsp3) is 0.889. The molecule has 2 N–H and O–H groups in total. The number of amides is 2. The zero-order chi connectivity index (χ0) is 17.6. The van der Waals surface area contributed by atoms with Gasteiger partial charge >= 0.3 is 0 Å². The van der Waals surface area contributed by atoms with Gasteiger partial charge in [0.05, 0.1) is 6.10 Å². The average Bonchev–Trinajstić information content (AvgIpc) is 2.50. The molecule has 0 spiro atoms. The van der Waals surface area contributed by atoms with Gasteiger partial charge in [0.1, 0.15) is 0 Å². The lowest BCUT2D eigenvalue weighted by molar-refractivity contribution is -0.130. The maximum absolute atomic E-state index is 12.0. The van der Waals surface area contributed by atoms with E-state index >= 15 is 0 Å². The van der Waals surface area contributed by atoms with Crippen LogP contribution < -0.4 is 5.32 Å². The van der Waals surface area contributed by atoms with Gasteiger partial charge in [0.15, 0.2) is 0 Å². The molecule has 1 aliphatic heterocycles. The number of aliphatic hydroxyl groups excluding tert-OH is 1. The molecular weight excluding hydrogens is 292 g/mol. The number of carbonyl (C=O) groups is 2. The van der Waals surface area contributed by atoms with Crippen LogP contribution in [-0.4, -0.2) is 47.6 Å². The number of hydrogen-bond acceptors (Lipinski definition) is 3. The Morgan fingerprint density at radius 2 is 1.83 bits per heavy atom. The van der Waals surface area contributed by atoms with E-state index in [1.54, 1.807) is 6.92 Å². The van der Waals surface area contributed by atoms with Crippen molar-refractivity contribution in [2.24, 2.45) is 17.3 Å². The van der Waals surface area contributed by atoms with Crippen molar-refractivity contribution in [2.45, 2.75) is 66.4 Å². The third kappa shape index (κ3) is 6.50. The zero-order valence-electron chi connectivity index (χ0n) is 15.4. The van der Waals surface area contributed by atoms with Crippen molar-refractivity contribution < 1.29 is 14.7 Å². The third-order valence-corrected chi connectivity index (χ3v) is 5.01. The summed E-state index contributed by atoms with van der Waals surface area (Å²) in [6.07, 6.45) is 2.96. The minimum atomic E-state index is -0.432. The number of hydrogen-bond donors (Lipinski definition) is 2. The van der Waals surface area contributed by atoms with Crippen LogP contribution in [0.5, 0.6) is 0 Å². The van der Waals surface area contributed by atoms with Crippen molar-refractivity contribution in [3.8, 4) is 0 Å². The van der Waals surface area contributed by atoms with Gasteiger partial charge in [0, 0.05) is 38.4 Å². The molecular formula is C18H34N2O3. The van der Waals surface area contributed by atoms with Crippen LogP contribution in [0.25, 0.3) is 0 Å². The average molecular weight is 326 g/mol. The summed E-state index contributed by atoms with van der Waals surface area (Å²) in [6.45, 7) is 11.7. The van der Waals surface area contributed by atoms with Crippen LogP contribution in [0, 0.1) is 17.3 Å². The number of rotatable bonds is 7. The molecule has 0 bridgehead atoms. The molecule has 1 aliphatic rings. The monoisotopic (exact) mass is 326 g/mol. The molecule has 1 saturated heterocycles. The first-order valence-corrected chi connectivity index (χ1v) is 8.83. The van der Waals surface area contributed by atoms with Crippen LogP contribution in [-0.2, 0) is 9.59 Å². The van der Waals surface area contributed by atoms with Crippen LogP contribution in [0.3, 0.4) is 0 Å². The fourth-order valence-corrected chi connectivity index (χ4v) is 3.29. The quantitative estimate of drug-likeness (QED) is 0.753. The molecule has 1 heterocycles. The second-order valence-corrected chi connectivity index (χ2v) is 7.94. The van der Waals surface area contributed by atoms with Crippen molar-refractivity contribution in [1.29, 1.82) is 0 Å². The molecule has 1 fully saturated rings. The van der Waals surface area contributed by atoms with Crippen LogP contribution in [0.1, 0.15) is 60.3 Å². The van der Waals surface area contributed by atoms with E-state index in [-0.39, 0.29) is 23.1 Å². The molecule has 1 unspecified atom stereocenters. The highest BCUT2D eigenvalue weighted by molar-refractivity contribution is 5.76. The predicted octanol–water partition coefficient (Wildman–Crippen LogP) is 2.18. The predicted molar refractivity (Wildman–Crippen MR) is 91.8 cm³/mol. The highest BCUT2D eigenvalue weighted by atomic mass is 16.3. The van der Waals surface area contributed by atoms with E-state index < -0.39 is 6.10 Å². The first kappa shape index (κ1) is 19.9. The Kier molecular flexibility index (Phi) is 7.52. The summed E-state index contributed by atoms with van der Waals surface area (Å²) >= 11 is 0. The van der Waals surface area contributed by atoms with E-state index in [1.807, 2.05) is 32.6 Å². The standard InChI is InChI=1S/C18H34N2O3/c1-13(2)17(23)18(4,5)12-19-16(22)7-6-15-8-10-20(11-9-15)14(3)21/h13,15,17,23H,6-12H2,1-5H3,(H,19,22). The van der Waals surface area contributed by atoms with E-state index in [1.165, 1.54) is 0 Å². The lowest BCUT2D eigenvalue weighted by Gasteiger charge is -2.33. The normalized spacial score (nSPS) is 18.1. The minimum Gasteiger partial charge on any atom is -0.392 e. The molecule has 5 heteroatoms. The van der Waals surface area contributed by atoms with Gasteiger partial charge in [0.2, 0.25) is 11.8 Å². The van der Waals surface area contributed by atoms with E-state index in [9.17, 15) is 14.7 Å². The van der Waals surface area contributed by atoms with Gasteiger partial charge in [-0.15, -0.1) is 0 Å². The van der Waals surface area contributed by atoms with Crippen LogP contribution in [0.15, 0.2) is 0 Å².